The van der Waals surface area contributed by atoms with Gasteiger partial charge in [0.15, 0.2) is 21.5 Å². The van der Waals surface area contributed by atoms with Crippen LogP contribution in [0.5, 0.6) is 5.75 Å². The Balaban J connectivity index is 0.00000187. The summed E-state index contributed by atoms with van der Waals surface area (Å²) in [4.78, 5) is 12.2. The predicted molar refractivity (Wildman–Crippen MR) is 111 cm³/mol. The highest BCUT2D eigenvalue weighted by molar-refractivity contribution is 7.89. The van der Waals surface area contributed by atoms with E-state index in [0.717, 1.165) is 18.4 Å². The third-order valence-corrected chi connectivity index (χ3v) is 5.08. The molecular formula is C22H21F5O5S. The highest BCUT2D eigenvalue weighted by Crippen LogP contribution is 2.39. The van der Waals surface area contributed by atoms with Crippen molar-refractivity contribution in [1.29, 1.82) is 0 Å². The van der Waals surface area contributed by atoms with Crippen LogP contribution in [0.1, 0.15) is 31.4 Å². The van der Waals surface area contributed by atoms with Crippen LogP contribution >= 0.6 is 0 Å². The van der Waals surface area contributed by atoms with Crippen LogP contribution in [-0.2, 0) is 25.1 Å². The molecule has 1 atom stereocenters. The zero-order valence-electron chi connectivity index (χ0n) is 17.9. The first-order chi connectivity index (χ1) is 15.3. The Hall–Kier alpha value is -2.95. The molecule has 2 aromatic carbocycles. The van der Waals surface area contributed by atoms with Crippen molar-refractivity contribution in [2.24, 2.45) is 0 Å². The van der Waals surface area contributed by atoms with Gasteiger partial charge in [0.1, 0.15) is 11.9 Å². The van der Waals surface area contributed by atoms with Gasteiger partial charge >= 0.3 is 12.1 Å². The quantitative estimate of drug-likeness (QED) is 0.409. The van der Waals surface area contributed by atoms with E-state index < -0.39 is 51.9 Å². The lowest BCUT2D eigenvalue weighted by Crippen LogP contribution is -2.21. The topological polar surface area (TPSA) is 69.7 Å². The zero-order chi connectivity index (χ0) is 25.0. The van der Waals surface area contributed by atoms with Crippen molar-refractivity contribution in [3.63, 3.8) is 0 Å². The average molecular weight is 492 g/mol. The number of hydrogen-bond acceptors (Lipinski definition) is 5. The average Bonchev–Trinajstić information content (AvgIpc) is 2.99. The van der Waals surface area contributed by atoms with Gasteiger partial charge in [-0.25, -0.2) is 22.0 Å². The van der Waals surface area contributed by atoms with Crippen molar-refractivity contribution in [3.05, 3.63) is 71.0 Å². The molecule has 180 valence electrons. The number of ether oxygens (including phenoxy) is 2. The number of halogens is 5. The first kappa shape index (κ1) is 26.3. The summed E-state index contributed by atoms with van der Waals surface area (Å²) in [6.45, 7) is 4.00. The molecule has 0 unspecified atom stereocenters. The molecule has 3 rings (SSSR count). The van der Waals surface area contributed by atoms with Gasteiger partial charge in [-0.1, -0.05) is 38.1 Å². The molecule has 0 bridgehead atoms. The van der Waals surface area contributed by atoms with E-state index in [9.17, 15) is 35.2 Å². The number of esters is 1. The smallest absolute Gasteiger partial charge is 0.392 e. The molecule has 2 aromatic rings. The van der Waals surface area contributed by atoms with Gasteiger partial charge in [-0.05, 0) is 23.3 Å². The maximum absolute atomic E-state index is 13.5. The molecular weight excluding hydrogens is 471 g/mol. The van der Waals surface area contributed by atoms with Crippen LogP contribution in [0.25, 0.3) is 5.57 Å². The Labute approximate surface area is 187 Å². The van der Waals surface area contributed by atoms with Gasteiger partial charge in [0.2, 0.25) is 5.76 Å². The lowest BCUT2D eigenvalue weighted by atomic mass is 9.97. The Morgan fingerprint density at radius 3 is 2.12 bits per heavy atom. The second-order valence-corrected chi connectivity index (χ2v) is 9.04. The normalized spacial score (nSPS) is 16.2. The number of benzene rings is 2. The van der Waals surface area contributed by atoms with Crippen molar-refractivity contribution in [2.75, 3.05) is 6.26 Å². The van der Waals surface area contributed by atoms with E-state index >= 15 is 0 Å². The molecule has 0 saturated heterocycles. The molecule has 0 saturated carbocycles. The molecule has 5 nitrogen and oxygen atoms in total. The molecule has 1 aliphatic rings. The Morgan fingerprint density at radius 1 is 1.00 bits per heavy atom. The van der Waals surface area contributed by atoms with Crippen LogP contribution in [0, 0.1) is 11.6 Å². The van der Waals surface area contributed by atoms with Gasteiger partial charge in [0.05, 0.1) is 17.7 Å². The first-order valence-electron chi connectivity index (χ1n) is 9.74. The summed E-state index contributed by atoms with van der Waals surface area (Å²) in [5.74, 6) is -4.85. The standard InChI is InChI=1S/C20H15F5O5S.C2H6/c1-31(27,28)10-11-2-4-12(5-3-11)17-16(9-20(23,24)25)30-19(26)18(17)29-13-6-7-14(21)15(22)8-13;1-2/h2-8,16H,9-10H2,1H3;1-2H3/t16-;/m1./s1. The van der Waals surface area contributed by atoms with Gasteiger partial charge in [0, 0.05) is 12.3 Å². The highest BCUT2D eigenvalue weighted by Gasteiger charge is 2.43. The van der Waals surface area contributed by atoms with Crippen LogP contribution in [0.15, 0.2) is 48.2 Å². The minimum Gasteiger partial charge on any atom is -0.451 e. The highest BCUT2D eigenvalue weighted by atomic mass is 32.2. The van der Waals surface area contributed by atoms with Crippen LogP contribution in [-0.4, -0.2) is 32.9 Å². The summed E-state index contributed by atoms with van der Waals surface area (Å²) in [5, 5.41) is 0. The lowest BCUT2D eigenvalue weighted by Gasteiger charge is -2.16. The van der Waals surface area contributed by atoms with Crippen LogP contribution in [0.2, 0.25) is 0 Å². The molecule has 1 heterocycles. The van der Waals surface area contributed by atoms with Gasteiger partial charge < -0.3 is 9.47 Å². The Kier molecular flexibility index (Phi) is 8.23. The third kappa shape index (κ3) is 7.28. The van der Waals surface area contributed by atoms with E-state index in [-0.39, 0.29) is 22.6 Å². The fourth-order valence-corrected chi connectivity index (χ4v) is 3.80. The fourth-order valence-electron chi connectivity index (χ4n) is 3.01. The number of hydrogen-bond donors (Lipinski definition) is 0. The summed E-state index contributed by atoms with van der Waals surface area (Å²) in [5.41, 5.74) is 0.264. The van der Waals surface area contributed by atoms with Crippen molar-refractivity contribution in [2.45, 2.75) is 38.3 Å². The molecule has 0 radical (unpaired) electrons. The maximum atomic E-state index is 13.5. The molecule has 0 spiro atoms. The number of carbonyl (C=O) groups excluding carboxylic acids is 1. The van der Waals surface area contributed by atoms with Crippen LogP contribution in [0.4, 0.5) is 22.0 Å². The minimum absolute atomic E-state index is 0.120. The van der Waals surface area contributed by atoms with Crippen molar-refractivity contribution < 1.29 is 44.6 Å². The predicted octanol–water partition coefficient (Wildman–Crippen LogP) is 5.20. The summed E-state index contributed by atoms with van der Waals surface area (Å²) < 4.78 is 98.6. The Morgan fingerprint density at radius 2 is 1.61 bits per heavy atom. The lowest BCUT2D eigenvalue weighted by molar-refractivity contribution is -0.161. The molecule has 0 aliphatic carbocycles. The Bertz CT molecular complexity index is 1140. The molecule has 0 aromatic heterocycles. The van der Waals surface area contributed by atoms with Gasteiger partial charge in [-0.15, -0.1) is 0 Å². The number of rotatable bonds is 6. The zero-order valence-corrected chi connectivity index (χ0v) is 18.7. The number of carbonyl (C=O) groups is 1. The molecule has 0 amide bonds. The number of alkyl halides is 3. The van der Waals surface area contributed by atoms with Crippen molar-refractivity contribution in [3.8, 4) is 5.75 Å². The fraction of sp³-hybridized carbons (Fsp3) is 0.318. The van der Waals surface area contributed by atoms with Gasteiger partial charge in [0.25, 0.3) is 0 Å². The van der Waals surface area contributed by atoms with Crippen LogP contribution in [0.3, 0.4) is 0 Å². The molecule has 0 fully saturated rings. The molecule has 0 N–H and O–H groups in total. The van der Waals surface area contributed by atoms with E-state index in [1.807, 2.05) is 13.8 Å². The summed E-state index contributed by atoms with van der Waals surface area (Å²) >= 11 is 0. The summed E-state index contributed by atoms with van der Waals surface area (Å²) in [6.07, 6.45) is -6.87. The van der Waals surface area contributed by atoms with Gasteiger partial charge in [-0.2, -0.15) is 13.2 Å². The van der Waals surface area contributed by atoms with E-state index in [0.29, 0.717) is 11.6 Å². The van der Waals surface area contributed by atoms with Crippen molar-refractivity contribution >= 4 is 21.4 Å². The molecule has 33 heavy (non-hydrogen) atoms. The molecule has 1 aliphatic heterocycles. The first-order valence-corrected chi connectivity index (χ1v) is 11.8. The summed E-state index contributed by atoms with van der Waals surface area (Å²) in [6, 6.07) is 7.80. The van der Waals surface area contributed by atoms with E-state index in [1.165, 1.54) is 24.3 Å². The second-order valence-electron chi connectivity index (χ2n) is 6.90. The van der Waals surface area contributed by atoms with Gasteiger partial charge in [-0.3, -0.25) is 0 Å². The van der Waals surface area contributed by atoms with E-state index in [2.05, 4.69) is 0 Å². The number of cyclic esters (lactones) is 1. The number of sulfone groups is 1. The second kappa shape index (κ2) is 10.3. The maximum Gasteiger partial charge on any atom is 0.392 e. The van der Waals surface area contributed by atoms with E-state index in [1.54, 1.807) is 0 Å². The monoisotopic (exact) mass is 492 g/mol. The minimum atomic E-state index is -4.68. The summed E-state index contributed by atoms with van der Waals surface area (Å²) in [7, 11) is -3.34. The molecule has 11 heteroatoms. The SMILES string of the molecule is CC.CS(=O)(=O)Cc1ccc(C2=C(Oc3ccc(F)c(F)c3)C(=O)O[C@@H]2CC(F)(F)F)cc1. The third-order valence-electron chi connectivity index (χ3n) is 4.22. The van der Waals surface area contributed by atoms with Crippen LogP contribution < -0.4 is 4.74 Å². The van der Waals surface area contributed by atoms with Crippen molar-refractivity contribution in [1.82, 2.24) is 0 Å². The van der Waals surface area contributed by atoms with E-state index in [4.69, 9.17) is 9.47 Å². The largest absolute Gasteiger partial charge is 0.451 e.